The Morgan fingerprint density at radius 2 is 1.59 bits per heavy atom. The molecule has 7 heteroatoms. The van der Waals surface area contributed by atoms with E-state index < -0.39 is 14.0 Å². The monoisotopic (exact) mass is 281 g/mol. The Balaban J connectivity index is 0. The van der Waals surface area contributed by atoms with Crippen molar-refractivity contribution in [1.29, 1.82) is 0 Å². The van der Waals surface area contributed by atoms with Gasteiger partial charge in [-0.15, -0.1) is 0 Å². The van der Waals surface area contributed by atoms with Crippen molar-refractivity contribution in [3.63, 3.8) is 0 Å². The Labute approximate surface area is 106 Å². The maximum Gasteiger partial charge on any atom is 0.261 e. The summed E-state index contributed by atoms with van der Waals surface area (Å²) in [6.07, 6.45) is 0. The summed E-state index contributed by atoms with van der Waals surface area (Å²) in [5, 5.41) is 8.81. The quantitative estimate of drug-likeness (QED) is 0.450. The zero-order valence-corrected chi connectivity index (χ0v) is 11.7. The summed E-state index contributed by atoms with van der Waals surface area (Å²) in [6.45, 7) is 5.70. The molecule has 0 N–H and O–H groups in total. The van der Waals surface area contributed by atoms with Crippen molar-refractivity contribution < 1.29 is 13.3 Å². The van der Waals surface area contributed by atoms with Gasteiger partial charge in [-0.1, -0.05) is 32.0 Å². The molecule has 0 radical (unpaired) electrons. The molecule has 0 spiro atoms. The standard InChI is InChI=1S/C7H7ClO2S.C2H6.CH3NO2/c1-6-4-2-3-5-7(6)11(8,9)10;1-2;1-2(3)4/h2-5H,1H3;1-2H3;1H3. The molecule has 0 aliphatic rings. The van der Waals surface area contributed by atoms with Gasteiger partial charge in [-0.25, -0.2) is 8.42 Å². The van der Waals surface area contributed by atoms with Gasteiger partial charge >= 0.3 is 0 Å². The molecule has 1 aromatic carbocycles. The normalized spacial score (nSPS) is 9.24. The number of nitro groups is 1. The predicted molar refractivity (Wildman–Crippen MR) is 68.5 cm³/mol. The predicted octanol–water partition coefficient (Wildman–Crippen LogP) is 2.84. The van der Waals surface area contributed by atoms with Gasteiger partial charge in [0.2, 0.25) is 0 Å². The first-order chi connectivity index (χ1) is 7.75. The van der Waals surface area contributed by atoms with Gasteiger partial charge in [-0.3, -0.25) is 10.1 Å². The van der Waals surface area contributed by atoms with Crippen molar-refractivity contribution in [3.8, 4) is 0 Å². The molecule has 1 rings (SSSR count). The lowest BCUT2D eigenvalue weighted by atomic mass is 10.2. The molecule has 0 saturated heterocycles. The summed E-state index contributed by atoms with van der Waals surface area (Å²) >= 11 is 0. The third kappa shape index (κ3) is 9.77. The van der Waals surface area contributed by atoms with E-state index in [9.17, 15) is 8.42 Å². The largest absolute Gasteiger partial charge is 0.265 e. The molecular weight excluding hydrogens is 266 g/mol. The van der Waals surface area contributed by atoms with E-state index in [-0.39, 0.29) is 4.90 Å². The molecule has 98 valence electrons. The van der Waals surface area contributed by atoms with Gasteiger partial charge in [0.1, 0.15) is 0 Å². The molecule has 0 fully saturated rings. The molecule has 0 heterocycles. The first-order valence-electron chi connectivity index (χ1n) is 4.83. The third-order valence-electron chi connectivity index (χ3n) is 1.36. The smallest absolute Gasteiger partial charge is 0.261 e. The zero-order valence-electron chi connectivity index (χ0n) is 10.2. The number of nitrogens with zero attached hydrogens (tertiary/aromatic N) is 1. The summed E-state index contributed by atoms with van der Waals surface area (Å²) in [6, 6.07) is 6.59. The summed E-state index contributed by atoms with van der Waals surface area (Å²) in [4.78, 5) is 8.49. The second-order valence-electron chi connectivity index (χ2n) is 2.64. The van der Waals surface area contributed by atoms with Crippen molar-refractivity contribution in [1.82, 2.24) is 0 Å². The van der Waals surface area contributed by atoms with Crippen LogP contribution in [0.4, 0.5) is 0 Å². The number of hydrogen-bond donors (Lipinski definition) is 0. The Morgan fingerprint density at radius 3 is 1.82 bits per heavy atom. The van der Waals surface area contributed by atoms with Crippen molar-refractivity contribution >= 4 is 19.7 Å². The Bertz CT molecular complexity index is 441. The van der Waals surface area contributed by atoms with E-state index >= 15 is 0 Å². The highest BCUT2D eigenvalue weighted by Crippen LogP contribution is 2.17. The van der Waals surface area contributed by atoms with Crippen molar-refractivity contribution in [3.05, 3.63) is 39.9 Å². The molecule has 17 heavy (non-hydrogen) atoms. The summed E-state index contributed by atoms with van der Waals surface area (Å²) < 4.78 is 21.6. The number of halogens is 1. The van der Waals surface area contributed by atoms with E-state index in [2.05, 4.69) is 0 Å². The molecule has 0 atom stereocenters. The average Bonchev–Trinajstić information content (AvgIpc) is 2.19. The maximum absolute atomic E-state index is 10.8. The van der Waals surface area contributed by atoms with Gasteiger partial charge in [0.15, 0.2) is 7.05 Å². The fourth-order valence-corrected chi connectivity index (χ4v) is 2.04. The molecule has 0 unspecified atom stereocenters. The molecule has 5 nitrogen and oxygen atoms in total. The minimum Gasteiger partial charge on any atom is -0.265 e. The highest BCUT2D eigenvalue weighted by atomic mass is 35.7. The van der Waals surface area contributed by atoms with Crippen LogP contribution in [-0.4, -0.2) is 20.4 Å². The number of hydrogen-bond acceptors (Lipinski definition) is 4. The van der Waals surface area contributed by atoms with Crippen LogP contribution >= 0.6 is 10.7 Å². The second-order valence-corrected chi connectivity index (χ2v) is 5.18. The first-order valence-corrected chi connectivity index (χ1v) is 7.14. The molecule has 0 aliphatic heterocycles. The van der Waals surface area contributed by atoms with E-state index in [1.165, 1.54) is 6.07 Å². The van der Waals surface area contributed by atoms with E-state index in [0.717, 1.165) is 7.05 Å². The fourth-order valence-electron chi connectivity index (χ4n) is 0.830. The number of aryl methyl sites for hydroxylation is 1. The third-order valence-corrected chi connectivity index (χ3v) is 2.84. The van der Waals surface area contributed by atoms with Gasteiger partial charge in [-0.05, 0) is 18.6 Å². The van der Waals surface area contributed by atoms with Crippen LogP contribution in [0.1, 0.15) is 19.4 Å². The van der Waals surface area contributed by atoms with Crippen molar-refractivity contribution in [2.24, 2.45) is 0 Å². The second kappa shape index (κ2) is 8.95. The fraction of sp³-hybridized carbons (Fsp3) is 0.400. The molecular formula is C10H16ClNO4S. The highest BCUT2D eigenvalue weighted by Gasteiger charge is 2.10. The maximum atomic E-state index is 10.8. The zero-order chi connectivity index (χ0) is 14.1. The Kier molecular flexibility index (Phi) is 9.60. The van der Waals surface area contributed by atoms with Crippen LogP contribution in [0.2, 0.25) is 0 Å². The molecule has 1 aromatic rings. The first kappa shape index (κ1) is 18.2. The average molecular weight is 282 g/mol. The lowest BCUT2D eigenvalue weighted by Gasteiger charge is -1.98. The summed E-state index contributed by atoms with van der Waals surface area (Å²) in [7, 11) is 2.46. The molecule has 0 aromatic heterocycles. The Hall–Kier alpha value is -1.14. The minimum absolute atomic E-state index is 0.182. The van der Waals surface area contributed by atoms with Crippen molar-refractivity contribution in [2.75, 3.05) is 7.05 Å². The lowest BCUT2D eigenvalue weighted by Crippen LogP contribution is -1.92. The summed E-state index contributed by atoms with van der Waals surface area (Å²) in [5.41, 5.74) is 0.669. The molecule has 0 bridgehead atoms. The SMILES string of the molecule is CC.C[N+](=O)[O-].Cc1ccccc1S(=O)(=O)Cl. The van der Waals surface area contributed by atoms with Gasteiger partial charge in [0, 0.05) is 15.6 Å². The number of rotatable bonds is 1. The molecule has 0 aliphatic carbocycles. The minimum atomic E-state index is -3.56. The molecule has 0 amide bonds. The van der Waals surface area contributed by atoms with Crippen LogP contribution in [-0.2, 0) is 9.05 Å². The summed E-state index contributed by atoms with van der Waals surface area (Å²) in [5.74, 6) is 0. The number of benzene rings is 1. The van der Waals surface area contributed by atoms with Crippen LogP contribution in [0, 0.1) is 17.0 Å². The van der Waals surface area contributed by atoms with E-state index in [0.29, 0.717) is 5.56 Å². The van der Waals surface area contributed by atoms with E-state index in [4.69, 9.17) is 20.8 Å². The van der Waals surface area contributed by atoms with Gasteiger partial charge in [0.05, 0.1) is 4.90 Å². The van der Waals surface area contributed by atoms with Gasteiger partial charge < -0.3 is 0 Å². The topological polar surface area (TPSA) is 77.3 Å². The van der Waals surface area contributed by atoms with Gasteiger partial charge in [-0.2, -0.15) is 0 Å². The van der Waals surface area contributed by atoms with Gasteiger partial charge in [0.25, 0.3) is 9.05 Å². The van der Waals surface area contributed by atoms with E-state index in [1.807, 2.05) is 13.8 Å². The van der Waals surface area contributed by atoms with Crippen molar-refractivity contribution in [2.45, 2.75) is 25.7 Å². The molecule has 0 saturated carbocycles. The lowest BCUT2D eigenvalue weighted by molar-refractivity contribution is -0.445. The van der Waals surface area contributed by atoms with Crippen LogP contribution < -0.4 is 0 Å². The van der Waals surface area contributed by atoms with Crippen LogP contribution in [0.15, 0.2) is 29.2 Å². The van der Waals surface area contributed by atoms with Crippen LogP contribution in [0.3, 0.4) is 0 Å². The van der Waals surface area contributed by atoms with Crippen LogP contribution in [0.25, 0.3) is 0 Å². The van der Waals surface area contributed by atoms with Crippen LogP contribution in [0.5, 0.6) is 0 Å². The Morgan fingerprint density at radius 1 is 1.24 bits per heavy atom. The highest BCUT2D eigenvalue weighted by molar-refractivity contribution is 8.13. The van der Waals surface area contributed by atoms with E-state index in [1.54, 1.807) is 25.1 Å².